The minimum absolute atomic E-state index is 0.0825. The van der Waals surface area contributed by atoms with Crippen LogP contribution in [-0.4, -0.2) is 58.0 Å². The number of aliphatic carboxylic acids is 1. The fourth-order valence-electron chi connectivity index (χ4n) is 8.58. The summed E-state index contributed by atoms with van der Waals surface area (Å²) < 4.78 is 0. The van der Waals surface area contributed by atoms with Crippen LogP contribution in [0.3, 0.4) is 0 Å². The quantitative estimate of drug-likeness (QED) is 0.239. The lowest BCUT2D eigenvalue weighted by molar-refractivity contribution is -0.143. The van der Waals surface area contributed by atoms with Gasteiger partial charge >= 0.3 is 5.97 Å². The smallest absolute Gasteiger partial charge is 0.326 e. The van der Waals surface area contributed by atoms with Crippen molar-refractivity contribution < 1.29 is 29.4 Å². The van der Waals surface area contributed by atoms with Crippen LogP contribution < -0.4 is 10.6 Å². The summed E-state index contributed by atoms with van der Waals surface area (Å²) in [6, 6.07) is -1.93. The van der Waals surface area contributed by atoms with Crippen molar-refractivity contribution in [1.29, 1.82) is 0 Å². The molecule has 0 saturated heterocycles. The molecule has 42 heavy (non-hydrogen) atoms. The molecule has 4 N–H and O–H groups in total. The molecule has 0 bridgehead atoms. The molecule has 4 aliphatic rings. The van der Waals surface area contributed by atoms with E-state index in [4.69, 9.17) is 11.3 Å². The van der Waals surface area contributed by atoms with E-state index in [1.807, 2.05) is 0 Å². The highest BCUT2D eigenvalue weighted by Gasteiger charge is 2.63. The monoisotopic (exact) mass is 583 g/mol. The Morgan fingerprint density at radius 1 is 1.02 bits per heavy atom. The molecule has 232 valence electrons. The number of nitrogens with one attached hydrogen (secondary N) is 2. The summed E-state index contributed by atoms with van der Waals surface area (Å²) in [4.78, 5) is 42.3. The number of hydrogen-bond donors (Lipinski definition) is 4. The lowest BCUT2D eigenvalue weighted by Gasteiger charge is -2.58. The summed E-state index contributed by atoms with van der Waals surface area (Å²) in [6.45, 7) is 11.3. The van der Waals surface area contributed by atoms with E-state index in [0.29, 0.717) is 24.2 Å². The van der Waals surface area contributed by atoms with Gasteiger partial charge in [-0.15, -0.1) is 6.42 Å². The standard InChI is InChI=1S/C33H49N3O6/c1-8-33(41)16-13-25-23-10-9-21-17-22(11-14-31(21,6)24(23)12-15-32(25,33)7)36-42-18-26(37)34-27(19(2)3)29(38)35-28(20(4)5)30(39)40/h1,17,19-20,23-25,27-28,41H,9-16,18H2,2-7H3,(H,34,37)(H,35,38)(H,39,40)/b36-22-/t23-,24+,25+,27-,28-,31+,32+,33-/m1/s1. The van der Waals surface area contributed by atoms with Gasteiger partial charge in [-0.25, -0.2) is 4.79 Å². The van der Waals surface area contributed by atoms with Crippen molar-refractivity contribution >= 4 is 23.5 Å². The number of hydrogen-bond acceptors (Lipinski definition) is 6. The molecule has 0 aromatic heterocycles. The third-order valence-corrected chi connectivity index (χ3v) is 11.2. The Kier molecular flexibility index (Phi) is 9.18. The summed E-state index contributed by atoms with van der Waals surface area (Å²) in [5.74, 6) is 1.62. The number of fused-ring (bicyclic) bond motifs is 5. The highest BCUT2D eigenvalue weighted by Crippen LogP contribution is 2.67. The number of oxime groups is 1. The first-order chi connectivity index (χ1) is 19.7. The summed E-state index contributed by atoms with van der Waals surface area (Å²) in [7, 11) is 0. The molecule has 2 amide bonds. The number of aliphatic hydroxyl groups is 1. The van der Waals surface area contributed by atoms with Gasteiger partial charge in [-0.2, -0.15) is 0 Å². The topological polar surface area (TPSA) is 137 Å². The Morgan fingerprint density at radius 3 is 2.31 bits per heavy atom. The van der Waals surface area contributed by atoms with Crippen molar-refractivity contribution in [2.75, 3.05) is 6.61 Å². The van der Waals surface area contributed by atoms with Crippen molar-refractivity contribution in [1.82, 2.24) is 10.6 Å². The molecule has 0 radical (unpaired) electrons. The zero-order chi connectivity index (χ0) is 31.0. The maximum Gasteiger partial charge on any atom is 0.326 e. The number of allylic oxidation sites excluding steroid dienone is 2. The Balaban J connectivity index is 1.36. The highest BCUT2D eigenvalue weighted by atomic mass is 16.6. The van der Waals surface area contributed by atoms with Gasteiger partial charge < -0.3 is 25.7 Å². The Morgan fingerprint density at radius 2 is 1.69 bits per heavy atom. The van der Waals surface area contributed by atoms with Crippen LogP contribution in [0.1, 0.15) is 92.9 Å². The Bertz CT molecular complexity index is 1190. The summed E-state index contributed by atoms with van der Waals surface area (Å²) in [5, 5.41) is 30.1. The van der Waals surface area contributed by atoms with Gasteiger partial charge in [0.1, 0.15) is 17.7 Å². The number of rotatable bonds is 9. The third-order valence-electron chi connectivity index (χ3n) is 11.2. The number of carboxylic acids is 1. The van der Waals surface area contributed by atoms with Crippen LogP contribution in [0.15, 0.2) is 16.8 Å². The van der Waals surface area contributed by atoms with E-state index >= 15 is 0 Å². The lowest BCUT2D eigenvalue weighted by Crippen LogP contribution is -2.55. The van der Waals surface area contributed by atoms with Gasteiger partial charge in [-0.3, -0.25) is 9.59 Å². The highest BCUT2D eigenvalue weighted by molar-refractivity contribution is 5.96. The second-order valence-corrected chi connectivity index (χ2v) is 14.2. The van der Waals surface area contributed by atoms with E-state index < -0.39 is 35.5 Å². The van der Waals surface area contributed by atoms with Crippen LogP contribution in [0.2, 0.25) is 0 Å². The second kappa shape index (κ2) is 12.0. The van der Waals surface area contributed by atoms with Crippen molar-refractivity contribution in [3.8, 4) is 12.3 Å². The zero-order valence-electron chi connectivity index (χ0n) is 26.0. The Hall–Kier alpha value is -2.86. The first kappa shape index (κ1) is 32.1. The summed E-state index contributed by atoms with van der Waals surface area (Å²) >= 11 is 0. The van der Waals surface area contributed by atoms with Crippen LogP contribution in [0.4, 0.5) is 0 Å². The molecule has 3 saturated carbocycles. The van der Waals surface area contributed by atoms with Crippen molar-refractivity contribution in [2.45, 2.75) is 111 Å². The molecule has 8 atom stereocenters. The summed E-state index contributed by atoms with van der Waals surface area (Å²) in [6.07, 6.45) is 15.5. The van der Waals surface area contributed by atoms with Crippen LogP contribution in [0, 0.1) is 52.8 Å². The number of carboxylic acid groups (broad SMARTS) is 1. The molecule has 0 heterocycles. The normalized spacial score (nSPS) is 36.1. The van der Waals surface area contributed by atoms with E-state index in [-0.39, 0.29) is 29.3 Å². The number of amides is 2. The van der Waals surface area contributed by atoms with Gasteiger partial charge in [0.25, 0.3) is 5.91 Å². The molecular weight excluding hydrogens is 534 g/mol. The summed E-state index contributed by atoms with van der Waals surface area (Å²) in [5.41, 5.74) is 1.09. The van der Waals surface area contributed by atoms with Crippen LogP contribution in [0.5, 0.6) is 0 Å². The molecule has 9 nitrogen and oxygen atoms in total. The Labute approximate surface area is 250 Å². The second-order valence-electron chi connectivity index (χ2n) is 14.2. The lowest BCUT2D eigenvalue weighted by atomic mass is 9.46. The molecule has 0 aromatic rings. The van der Waals surface area contributed by atoms with E-state index in [0.717, 1.165) is 50.7 Å². The maximum absolute atomic E-state index is 12.8. The van der Waals surface area contributed by atoms with E-state index in [1.54, 1.807) is 27.7 Å². The van der Waals surface area contributed by atoms with E-state index in [1.165, 1.54) is 5.57 Å². The molecule has 0 spiro atoms. The SMILES string of the molecule is C#C[C@@]1(O)CC[C@H]2[C@@H]3CCC4=C/C(=N\OCC(=O)N[C@@H](C(=O)N[C@@H](C(=O)O)C(C)C)C(C)C)CC[C@]4(C)[C@H]3CC[C@@]21C. The van der Waals surface area contributed by atoms with Crippen molar-refractivity contribution in [2.24, 2.45) is 45.6 Å². The van der Waals surface area contributed by atoms with Crippen LogP contribution in [-0.2, 0) is 19.2 Å². The van der Waals surface area contributed by atoms with Crippen molar-refractivity contribution in [3.05, 3.63) is 11.6 Å². The maximum atomic E-state index is 12.8. The number of carbonyl (C=O) groups excluding carboxylic acids is 2. The van der Waals surface area contributed by atoms with E-state index in [9.17, 15) is 24.6 Å². The van der Waals surface area contributed by atoms with Crippen molar-refractivity contribution in [3.63, 3.8) is 0 Å². The molecule has 0 aromatic carbocycles. The molecule has 9 heteroatoms. The molecular formula is C33H49N3O6. The number of carbonyl (C=O) groups is 3. The molecule has 0 unspecified atom stereocenters. The number of nitrogens with zero attached hydrogens (tertiary/aromatic N) is 1. The van der Waals surface area contributed by atoms with Gasteiger partial charge in [0, 0.05) is 5.41 Å². The average Bonchev–Trinajstić information content (AvgIpc) is 3.20. The van der Waals surface area contributed by atoms with Crippen LogP contribution >= 0.6 is 0 Å². The minimum Gasteiger partial charge on any atom is -0.480 e. The van der Waals surface area contributed by atoms with Gasteiger partial charge in [-0.05, 0) is 92.4 Å². The molecule has 4 rings (SSSR count). The third kappa shape index (κ3) is 5.71. The fourth-order valence-corrected chi connectivity index (χ4v) is 8.58. The fraction of sp³-hybridized carbons (Fsp3) is 0.758. The van der Waals surface area contributed by atoms with Gasteiger partial charge in [0.2, 0.25) is 5.91 Å². The largest absolute Gasteiger partial charge is 0.480 e. The van der Waals surface area contributed by atoms with Crippen LogP contribution in [0.25, 0.3) is 0 Å². The first-order valence-corrected chi connectivity index (χ1v) is 15.6. The predicted molar refractivity (Wildman–Crippen MR) is 160 cm³/mol. The van der Waals surface area contributed by atoms with Gasteiger partial charge in [0.05, 0.1) is 5.71 Å². The van der Waals surface area contributed by atoms with E-state index in [2.05, 4.69) is 41.6 Å². The van der Waals surface area contributed by atoms with Gasteiger partial charge in [-0.1, -0.05) is 58.2 Å². The minimum atomic E-state index is -1.12. The molecule has 0 aliphatic heterocycles. The zero-order valence-corrected chi connectivity index (χ0v) is 26.0. The molecule has 4 aliphatic carbocycles. The number of terminal acetylenes is 1. The first-order valence-electron chi connectivity index (χ1n) is 15.6. The van der Waals surface area contributed by atoms with Gasteiger partial charge in [0.15, 0.2) is 6.61 Å². The predicted octanol–water partition coefficient (Wildman–Crippen LogP) is 4.05. The average molecular weight is 584 g/mol. The molecule has 3 fully saturated rings.